The third-order valence-corrected chi connectivity index (χ3v) is 5.27. The first kappa shape index (κ1) is 20.7. The van der Waals surface area contributed by atoms with E-state index in [-0.39, 0.29) is 11.6 Å². The van der Waals surface area contributed by atoms with Gasteiger partial charge < -0.3 is 15.6 Å². The average Bonchev–Trinajstić information content (AvgIpc) is 3.01. The van der Waals surface area contributed by atoms with Crippen molar-refractivity contribution in [3.63, 3.8) is 0 Å². The van der Waals surface area contributed by atoms with Gasteiger partial charge >= 0.3 is 6.09 Å². The number of aliphatic hydroxyl groups is 1. The lowest BCUT2D eigenvalue weighted by Crippen LogP contribution is -2.43. The molecule has 1 heterocycles. The van der Waals surface area contributed by atoms with Crippen molar-refractivity contribution >= 4 is 6.09 Å². The van der Waals surface area contributed by atoms with Crippen molar-refractivity contribution < 1.29 is 14.6 Å². The van der Waals surface area contributed by atoms with E-state index in [0.717, 1.165) is 51.6 Å². The molecule has 0 radical (unpaired) electrons. The van der Waals surface area contributed by atoms with Gasteiger partial charge in [-0.25, -0.2) is 4.79 Å². The number of primary amides is 1. The fourth-order valence-electron chi connectivity index (χ4n) is 3.70. The maximum Gasteiger partial charge on any atom is 0.404 e. The van der Waals surface area contributed by atoms with Crippen molar-refractivity contribution in [1.29, 1.82) is 0 Å². The average molecular weight is 367 g/mol. The van der Waals surface area contributed by atoms with Crippen LogP contribution < -0.4 is 5.73 Å². The van der Waals surface area contributed by atoms with Crippen molar-refractivity contribution in [3.8, 4) is 0 Å². The second-order valence-electron chi connectivity index (χ2n) is 8.24. The maximum absolute atomic E-state index is 10.7. The summed E-state index contributed by atoms with van der Waals surface area (Å²) in [4.78, 5) is 13.1. The van der Waals surface area contributed by atoms with Gasteiger partial charge in [-0.05, 0) is 64.9 Å². The van der Waals surface area contributed by atoms with Crippen LogP contribution in [0.15, 0.2) is 6.20 Å². The first-order chi connectivity index (χ1) is 12.3. The number of nitrogens with zero attached hydrogens (tertiary/aromatic N) is 2. The molecular formula is C19H34N4O3. The summed E-state index contributed by atoms with van der Waals surface area (Å²) in [6.45, 7) is 8.70. The largest absolute Gasteiger partial charge is 0.450 e. The minimum absolute atomic E-state index is 0.0333. The number of hydrogen-bond acceptors (Lipinski definition) is 5. The van der Waals surface area contributed by atoms with Crippen molar-refractivity contribution in [1.82, 2.24) is 15.1 Å². The van der Waals surface area contributed by atoms with Crippen LogP contribution in [0, 0.1) is 0 Å². The summed E-state index contributed by atoms with van der Waals surface area (Å²) in [5.41, 5.74) is 7.56. The smallest absolute Gasteiger partial charge is 0.404 e. The Kier molecular flexibility index (Phi) is 7.46. The van der Waals surface area contributed by atoms with Crippen molar-refractivity contribution in [2.45, 2.75) is 76.9 Å². The lowest BCUT2D eigenvalue weighted by atomic mass is 9.84. The van der Waals surface area contributed by atoms with E-state index < -0.39 is 6.09 Å². The predicted molar refractivity (Wildman–Crippen MR) is 101 cm³/mol. The quantitative estimate of drug-likeness (QED) is 0.613. The van der Waals surface area contributed by atoms with Crippen LogP contribution in [0.1, 0.15) is 70.1 Å². The number of H-pyrrole nitrogens is 1. The molecule has 7 heteroatoms. The highest BCUT2D eigenvalue weighted by atomic mass is 16.5. The van der Waals surface area contributed by atoms with Gasteiger partial charge in [0.25, 0.3) is 0 Å². The van der Waals surface area contributed by atoms with Crippen molar-refractivity contribution in [3.05, 3.63) is 17.5 Å². The van der Waals surface area contributed by atoms with Gasteiger partial charge in [-0.2, -0.15) is 5.10 Å². The summed E-state index contributed by atoms with van der Waals surface area (Å²) in [6.07, 6.45) is 6.56. The monoisotopic (exact) mass is 366 g/mol. The fraction of sp³-hybridized carbons (Fsp3) is 0.789. The number of rotatable bonds is 8. The molecule has 1 aromatic rings. The highest BCUT2D eigenvalue weighted by Crippen LogP contribution is 2.33. The Morgan fingerprint density at radius 1 is 1.35 bits per heavy atom. The summed E-state index contributed by atoms with van der Waals surface area (Å²) >= 11 is 0. The Labute approximate surface area is 156 Å². The minimum Gasteiger partial charge on any atom is -0.450 e. The number of aromatic nitrogens is 2. The summed E-state index contributed by atoms with van der Waals surface area (Å²) in [7, 11) is 0. The summed E-state index contributed by atoms with van der Waals surface area (Å²) < 4.78 is 4.84. The van der Waals surface area contributed by atoms with Crippen molar-refractivity contribution in [2.75, 3.05) is 19.7 Å². The molecule has 0 atom stereocenters. The molecule has 0 aliphatic heterocycles. The molecule has 0 aromatic carbocycles. The molecule has 1 aromatic heterocycles. The molecule has 1 amide bonds. The molecule has 2 rings (SSSR count). The zero-order valence-corrected chi connectivity index (χ0v) is 16.3. The standard InChI is InChI=1S/C19H34N4O3/c1-19(2,3)23(10-4-12-26-18(20)25)11-9-15-13-21-22-17(15)14-5-7-16(24)8-6-14/h13-14,16,24H,4-12H2,1-3H3,(H2,20,25)(H,21,22). The number of amides is 1. The number of aromatic amines is 1. The van der Waals surface area contributed by atoms with Crippen molar-refractivity contribution in [2.24, 2.45) is 5.73 Å². The minimum atomic E-state index is -0.715. The molecule has 0 spiro atoms. The van der Waals surface area contributed by atoms with Gasteiger partial charge in [0.2, 0.25) is 0 Å². The van der Waals surface area contributed by atoms with Gasteiger partial charge in [-0.3, -0.25) is 10.00 Å². The summed E-state index contributed by atoms with van der Waals surface area (Å²) in [6, 6.07) is 0. The van der Waals surface area contributed by atoms with E-state index in [0.29, 0.717) is 12.5 Å². The molecule has 1 aliphatic carbocycles. The Balaban J connectivity index is 1.90. The lowest BCUT2D eigenvalue weighted by molar-refractivity contribution is 0.113. The second kappa shape index (κ2) is 9.37. The van der Waals surface area contributed by atoms with Crippen LogP contribution in [-0.2, 0) is 11.2 Å². The number of nitrogens with one attached hydrogen (secondary N) is 1. The SMILES string of the molecule is CC(C)(C)N(CCCOC(N)=O)CCc1cn[nH]c1C1CCC(O)CC1. The number of aliphatic hydroxyl groups excluding tert-OH is 1. The number of nitrogens with two attached hydrogens (primary N) is 1. The van der Waals surface area contributed by atoms with Gasteiger partial charge in [0.15, 0.2) is 0 Å². The molecule has 1 saturated carbocycles. The Morgan fingerprint density at radius 2 is 2.04 bits per heavy atom. The topological polar surface area (TPSA) is 104 Å². The van der Waals surface area contributed by atoms with E-state index in [9.17, 15) is 9.90 Å². The van der Waals surface area contributed by atoms with Gasteiger partial charge in [0.1, 0.15) is 0 Å². The van der Waals surface area contributed by atoms with Crippen LogP contribution >= 0.6 is 0 Å². The summed E-state index contributed by atoms with van der Waals surface area (Å²) in [5.74, 6) is 0.475. The van der Waals surface area contributed by atoms with Crippen LogP contribution in [0.5, 0.6) is 0 Å². The van der Waals surface area contributed by atoms with E-state index in [1.165, 1.54) is 11.3 Å². The first-order valence-electron chi connectivity index (χ1n) is 9.65. The molecule has 7 nitrogen and oxygen atoms in total. The number of ether oxygens (including phenoxy) is 1. The highest BCUT2D eigenvalue weighted by Gasteiger charge is 2.25. The zero-order valence-electron chi connectivity index (χ0n) is 16.3. The van der Waals surface area contributed by atoms with Crippen LogP contribution in [0.2, 0.25) is 0 Å². The molecule has 148 valence electrons. The molecule has 0 saturated heterocycles. The van der Waals surface area contributed by atoms with Gasteiger partial charge in [0, 0.05) is 30.2 Å². The molecule has 0 unspecified atom stereocenters. The van der Waals surface area contributed by atoms with Gasteiger partial charge in [0.05, 0.1) is 18.9 Å². The Morgan fingerprint density at radius 3 is 2.65 bits per heavy atom. The van der Waals surface area contributed by atoms with E-state index in [4.69, 9.17) is 10.5 Å². The fourth-order valence-corrected chi connectivity index (χ4v) is 3.70. The zero-order chi connectivity index (χ0) is 19.2. The number of carbonyl (C=O) groups is 1. The summed E-state index contributed by atoms with van der Waals surface area (Å²) in [5, 5.41) is 17.2. The third kappa shape index (κ3) is 6.29. The molecule has 0 bridgehead atoms. The van der Waals surface area contributed by atoms with E-state index in [1.807, 2.05) is 6.20 Å². The van der Waals surface area contributed by atoms with Crippen LogP contribution in [0.25, 0.3) is 0 Å². The normalized spacial score (nSPS) is 21.1. The van der Waals surface area contributed by atoms with Crippen LogP contribution in [-0.4, -0.2) is 57.6 Å². The van der Waals surface area contributed by atoms with Gasteiger partial charge in [-0.1, -0.05) is 0 Å². The number of hydrogen-bond donors (Lipinski definition) is 3. The van der Waals surface area contributed by atoms with Gasteiger partial charge in [-0.15, -0.1) is 0 Å². The Hall–Kier alpha value is -1.60. The van der Waals surface area contributed by atoms with E-state index in [1.54, 1.807) is 0 Å². The Bertz CT molecular complexity index is 559. The molecule has 1 fully saturated rings. The molecule has 1 aliphatic rings. The molecule has 4 N–H and O–H groups in total. The molecule has 26 heavy (non-hydrogen) atoms. The van der Waals surface area contributed by atoms with Crippen LogP contribution in [0.3, 0.4) is 0 Å². The molecular weight excluding hydrogens is 332 g/mol. The van der Waals surface area contributed by atoms with Crippen LogP contribution in [0.4, 0.5) is 4.79 Å². The predicted octanol–water partition coefficient (Wildman–Crippen LogP) is 2.56. The first-order valence-corrected chi connectivity index (χ1v) is 9.65. The highest BCUT2D eigenvalue weighted by molar-refractivity contribution is 5.64. The third-order valence-electron chi connectivity index (χ3n) is 5.27. The second-order valence-corrected chi connectivity index (χ2v) is 8.24. The number of carbonyl (C=O) groups excluding carboxylic acids is 1. The van der Waals surface area contributed by atoms with E-state index >= 15 is 0 Å². The maximum atomic E-state index is 10.7. The lowest BCUT2D eigenvalue weighted by Gasteiger charge is -2.36. The van der Waals surface area contributed by atoms with E-state index in [2.05, 4.69) is 35.9 Å².